The average Bonchev–Trinajstić information content (AvgIpc) is 2.78. The number of hydrogen-bond acceptors (Lipinski definition) is 3. The number of hydrogen-bond donors (Lipinski definition) is 1. The Morgan fingerprint density at radius 2 is 2.12 bits per heavy atom. The molecule has 2 aromatic rings. The van der Waals surface area contributed by atoms with Crippen molar-refractivity contribution in [1.82, 2.24) is 4.90 Å². The number of benzene rings is 2. The molecule has 0 saturated heterocycles. The Kier molecular flexibility index (Phi) is 5.43. The molecule has 2 aromatic carbocycles. The first-order valence-electron chi connectivity index (χ1n) is 9.73. The van der Waals surface area contributed by atoms with E-state index < -0.39 is 12.9 Å². The van der Waals surface area contributed by atoms with Gasteiger partial charge in [-0.1, -0.05) is 36.4 Å². The lowest BCUT2D eigenvalue weighted by Crippen LogP contribution is -2.12. The minimum absolute atomic E-state index is 0. The SMILES string of the molecule is Cl.[2H]C([2H])([2H])N(C)CC/C=C1/c2ccccc2COc2ccc(CC(=O)O)cc21. The van der Waals surface area contributed by atoms with Crippen molar-refractivity contribution >= 4 is 23.9 Å². The van der Waals surface area contributed by atoms with E-state index in [0.29, 0.717) is 30.9 Å². The first kappa shape index (κ1) is 15.9. The summed E-state index contributed by atoms with van der Waals surface area (Å²) in [5.74, 6) is -0.194. The molecule has 26 heavy (non-hydrogen) atoms. The van der Waals surface area contributed by atoms with Crippen LogP contribution >= 0.6 is 12.4 Å². The molecule has 3 rings (SSSR count). The van der Waals surface area contributed by atoms with E-state index in [-0.39, 0.29) is 18.8 Å². The van der Waals surface area contributed by atoms with Gasteiger partial charge in [0.25, 0.3) is 0 Å². The van der Waals surface area contributed by atoms with Gasteiger partial charge in [-0.2, -0.15) is 0 Å². The highest BCUT2D eigenvalue weighted by Crippen LogP contribution is 2.37. The van der Waals surface area contributed by atoms with E-state index in [1.807, 2.05) is 42.5 Å². The van der Waals surface area contributed by atoms with Crippen LogP contribution in [0.5, 0.6) is 5.75 Å². The summed E-state index contributed by atoms with van der Waals surface area (Å²) in [6, 6.07) is 13.3. The largest absolute Gasteiger partial charge is 0.488 e. The molecule has 0 fully saturated rings. The minimum atomic E-state index is -2.13. The summed E-state index contributed by atoms with van der Waals surface area (Å²) < 4.78 is 28.4. The molecule has 0 bridgehead atoms. The topological polar surface area (TPSA) is 49.8 Å². The fourth-order valence-electron chi connectivity index (χ4n) is 3.03. The third-order valence-corrected chi connectivity index (χ3v) is 4.19. The summed E-state index contributed by atoms with van der Waals surface area (Å²) in [4.78, 5) is 12.5. The van der Waals surface area contributed by atoms with Gasteiger partial charge < -0.3 is 14.7 Å². The summed E-state index contributed by atoms with van der Waals surface area (Å²) in [6.07, 6.45) is 2.49. The lowest BCUT2D eigenvalue weighted by molar-refractivity contribution is -0.136. The Balaban J connectivity index is 0.00000300. The fourth-order valence-corrected chi connectivity index (χ4v) is 3.03. The van der Waals surface area contributed by atoms with Crippen LogP contribution in [-0.4, -0.2) is 36.5 Å². The summed E-state index contributed by atoms with van der Waals surface area (Å²) in [7, 11) is 1.58. The average molecular weight is 377 g/mol. The quantitative estimate of drug-likeness (QED) is 0.856. The van der Waals surface area contributed by atoms with Crippen molar-refractivity contribution in [3.05, 3.63) is 70.8 Å². The molecule has 0 atom stereocenters. The lowest BCUT2D eigenvalue weighted by atomic mass is 9.92. The van der Waals surface area contributed by atoms with Crippen LogP contribution < -0.4 is 4.74 Å². The van der Waals surface area contributed by atoms with Crippen LogP contribution in [0.15, 0.2) is 48.5 Å². The van der Waals surface area contributed by atoms with Gasteiger partial charge in [-0.15, -0.1) is 12.4 Å². The summed E-state index contributed by atoms with van der Waals surface area (Å²) in [6.45, 7) is -1.32. The van der Waals surface area contributed by atoms with Crippen molar-refractivity contribution in [1.29, 1.82) is 0 Å². The van der Waals surface area contributed by atoms with Gasteiger partial charge in [0.2, 0.25) is 0 Å². The maximum atomic E-state index is 11.1. The number of carbonyl (C=O) groups is 1. The van der Waals surface area contributed by atoms with Crippen molar-refractivity contribution < 1.29 is 18.8 Å². The van der Waals surface area contributed by atoms with Crippen LogP contribution in [0.2, 0.25) is 0 Å². The molecular weight excluding hydrogens is 350 g/mol. The number of nitrogens with zero attached hydrogens (tertiary/aromatic N) is 1. The second-order valence-corrected chi connectivity index (χ2v) is 6.17. The molecule has 0 unspecified atom stereocenters. The first-order valence-corrected chi connectivity index (χ1v) is 8.23. The van der Waals surface area contributed by atoms with Gasteiger partial charge in [0, 0.05) is 16.2 Å². The van der Waals surface area contributed by atoms with Gasteiger partial charge in [-0.05, 0) is 54.8 Å². The number of rotatable bonds is 5. The second kappa shape index (κ2) is 8.88. The predicted molar refractivity (Wildman–Crippen MR) is 106 cm³/mol. The van der Waals surface area contributed by atoms with Crippen molar-refractivity contribution in [2.24, 2.45) is 0 Å². The van der Waals surface area contributed by atoms with Crippen LogP contribution in [-0.2, 0) is 17.8 Å². The van der Waals surface area contributed by atoms with Crippen LogP contribution in [0.4, 0.5) is 0 Å². The Morgan fingerprint density at radius 3 is 2.88 bits per heavy atom. The molecule has 0 saturated carbocycles. The number of carboxylic acid groups (broad SMARTS) is 1. The van der Waals surface area contributed by atoms with Gasteiger partial charge >= 0.3 is 5.97 Å². The molecule has 0 spiro atoms. The zero-order chi connectivity index (χ0) is 20.3. The summed E-state index contributed by atoms with van der Waals surface area (Å²) >= 11 is 0. The van der Waals surface area contributed by atoms with Crippen LogP contribution in [0.3, 0.4) is 0 Å². The highest BCUT2D eigenvalue weighted by atomic mass is 35.5. The zero-order valence-electron chi connectivity index (χ0n) is 17.6. The van der Waals surface area contributed by atoms with Gasteiger partial charge in [0.15, 0.2) is 0 Å². The van der Waals surface area contributed by atoms with E-state index in [1.54, 1.807) is 13.1 Å². The maximum absolute atomic E-state index is 11.1. The monoisotopic (exact) mass is 376 g/mol. The molecule has 138 valence electrons. The van der Waals surface area contributed by atoms with Gasteiger partial charge in [-0.3, -0.25) is 4.79 Å². The second-order valence-electron chi connectivity index (χ2n) is 6.17. The van der Waals surface area contributed by atoms with Gasteiger partial charge in [0.1, 0.15) is 12.4 Å². The van der Waals surface area contributed by atoms with Crippen LogP contribution in [0.25, 0.3) is 5.57 Å². The van der Waals surface area contributed by atoms with Gasteiger partial charge in [0.05, 0.1) is 6.42 Å². The lowest BCUT2D eigenvalue weighted by Gasteiger charge is -2.13. The highest BCUT2D eigenvalue weighted by molar-refractivity contribution is 5.86. The molecule has 0 amide bonds. The van der Waals surface area contributed by atoms with Crippen molar-refractivity contribution in [2.75, 3.05) is 20.6 Å². The van der Waals surface area contributed by atoms with Crippen molar-refractivity contribution in [3.8, 4) is 5.75 Å². The number of halogens is 1. The molecular formula is C21H24ClNO3. The molecule has 0 radical (unpaired) electrons. The number of aliphatic carboxylic acids is 1. The molecule has 0 aromatic heterocycles. The Hall–Kier alpha value is -2.30. The van der Waals surface area contributed by atoms with Crippen LogP contribution in [0, 0.1) is 0 Å². The third-order valence-electron chi connectivity index (χ3n) is 4.19. The van der Waals surface area contributed by atoms with E-state index in [4.69, 9.17) is 14.0 Å². The smallest absolute Gasteiger partial charge is 0.307 e. The van der Waals surface area contributed by atoms with E-state index in [1.165, 1.54) is 4.90 Å². The zero-order valence-corrected chi connectivity index (χ0v) is 15.4. The first-order chi connectivity index (χ1) is 13.3. The fraction of sp³-hybridized carbons (Fsp3) is 0.286. The Labute approximate surface area is 164 Å². The third kappa shape index (κ3) is 4.65. The number of carboxylic acids is 1. The van der Waals surface area contributed by atoms with E-state index in [9.17, 15) is 4.79 Å². The minimum Gasteiger partial charge on any atom is -0.488 e. The van der Waals surface area contributed by atoms with E-state index in [0.717, 1.165) is 22.3 Å². The molecule has 1 aliphatic rings. The maximum Gasteiger partial charge on any atom is 0.307 e. The highest BCUT2D eigenvalue weighted by Gasteiger charge is 2.19. The normalized spacial score (nSPS) is 16.2. The van der Waals surface area contributed by atoms with Crippen molar-refractivity contribution in [2.45, 2.75) is 19.4 Å². The summed E-state index contributed by atoms with van der Waals surface area (Å²) in [5.41, 5.74) is 4.52. The molecule has 1 aliphatic heterocycles. The summed E-state index contributed by atoms with van der Waals surface area (Å²) in [5, 5.41) is 9.12. The number of fused-ring (bicyclic) bond motifs is 2. The molecule has 1 N–H and O–H groups in total. The standard InChI is InChI=1S/C21H23NO3.ClH/c1-22(2)11-5-8-18-17-7-4-3-6-16(17)14-25-20-10-9-15(12-19(18)20)13-21(23)24;/h3-4,6-10,12H,5,11,13-14H2,1-2H3,(H,23,24);1H/b18-8-;/i1D3;. The molecule has 5 heteroatoms. The Morgan fingerprint density at radius 1 is 1.31 bits per heavy atom. The predicted octanol–water partition coefficient (Wildman–Crippen LogP) is 4.01. The Bertz CT molecular complexity index is 912. The molecule has 4 nitrogen and oxygen atoms in total. The molecule has 0 aliphatic carbocycles. The van der Waals surface area contributed by atoms with E-state index in [2.05, 4.69) is 0 Å². The number of ether oxygens (including phenoxy) is 1. The molecule has 1 heterocycles. The van der Waals surface area contributed by atoms with E-state index >= 15 is 0 Å². The van der Waals surface area contributed by atoms with Crippen molar-refractivity contribution in [3.63, 3.8) is 0 Å². The van der Waals surface area contributed by atoms with Crippen LogP contribution in [0.1, 0.15) is 32.8 Å². The van der Waals surface area contributed by atoms with Gasteiger partial charge in [-0.25, -0.2) is 0 Å².